The third kappa shape index (κ3) is 3.67. The van der Waals surface area contributed by atoms with Crippen molar-refractivity contribution < 1.29 is 19.0 Å². The number of nitrogens with zero attached hydrogens (tertiary/aromatic N) is 1. The standard InChI is InChI=1S/C15H14ClNO4/c1-2-19-15(18)11(9-17)6-10-7-12(16)14-13(8-10)20-4-3-5-21-14/h6-8H,2-5H2,1H3/b11-6+. The first-order chi connectivity index (χ1) is 10.2. The van der Waals surface area contributed by atoms with Crippen molar-refractivity contribution in [1.29, 1.82) is 5.26 Å². The molecule has 1 aromatic rings. The second-order valence-corrected chi connectivity index (χ2v) is 4.68. The topological polar surface area (TPSA) is 68.6 Å². The average Bonchev–Trinajstić information content (AvgIpc) is 2.70. The van der Waals surface area contributed by atoms with Crippen molar-refractivity contribution in [1.82, 2.24) is 0 Å². The molecule has 0 aliphatic carbocycles. The number of halogens is 1. The summed E-state index contributed by atoms with van der Waals surface area (Å²) in [4.78, 5) is 11.6. The molecule has 21 heavy (non-hydrogen) atoms. The number of nitriles is 1. The highest BCUT2D eigenvalue weighted by atomic mass is 35.5. The van der Waals surface area contributed by atoms with Crippen LogP contribution in [0, 0.1) is 11.3 Å². The van der Waals surface area contributed by atoms with E-state index in [1.54, 1.807) is 19.1 Å². The van der Waals surface area contributed by atoms with Gasteiger partial charge in [-0.05, 0) is 30.7 Å². The fraction of sp³-hybridized carbons (Fsp3) is 0.333. The minimum Gasteiger partial charge on any atom is -0.489 e. The molecule has 5 nitrogen and oxygen atoms in total. The fourth-order valence-electron chi connectivity index (χ4n) is 1.85. The summed E-state index contributed by atoms with van der Waals surface area (Å²) < 4.78 is 15.9. The van der Waals surface area contributed by atoms with Gasteiger partial charge in [-0.1, -0.05) is 11.6 Å². The summed E-state index contributed by atoms with van der Waals surface area (Å²) in [6.45, 7) is 2.95. The van der Waals surface area contributed by atoms with Crippen molar-refractivity contribution >= 4 is 23.6 Å². The minimum atomic E-state index is -0.664. The van der Waals surface area contributed by atoms with Crippen molar-refractivity contribution in [2.75, 3.05) is 19.8 Å². The van der Waals surface area contributed by atoms with Gasteiger partial charge in [-0.2, -0.15) is 5.26 Å². The lowest BCUT2D eigenvalue weighted by Gasteiger charge is -2.10. The van der Waals surface area contributed by atoms with E-state index in [0.29, 0.717) is 35.3 Å². The van der Waals surface area contributed by atoms with Gasteiger partial charge >= 0.3 is 5.97 Å². The van der Waals surface area contributed by atoms with Gasteiger partial charge < -0.3 is 14.2 Å². The number of fused-ring (bicyclic) bond motifs is 1. The van der Waals surface area contributed by atoms with Gasteiger partial charge in [-0.15, -0.1) is 0 Å². The zero-order valence-corrected chi connectivity index (χ0v) is 12.3. The lowest BCUT2D eigenvalue weighted by Crippen LogP contribution is -2.06. The minimum absolute atomic E-state index is 0.0950. The summed E-state index contributed by atoms with van der Waals surface area (Å²) in [6, 6.07) is 5.12. The Hall–Kier alpha value is -2.19. The number of esters is 1. The zero-order chi connectivity index (χ0) is 15.2. The Balaban J connectivity index is 2.36. The van der Waals surface area contributed by atoms with Gasteiger partial charge in [0.15, 0.2) is 11.5 Å². The maximum atomic E-state index is 11.6. The zero-order valence-electron chi connectivity index (χ0n) is 11.5. The molecular formula is C15H14ClNO4. The number of carbonyl (C=O) groups excluding carboxylic acids is 1. The Kier molecular flexibility index (Phi) is 5.07. The van der Waals surface area contributed by atoms with Crippen molar-refractivity contribution in [2.45, 2.75) is 13.3 Å². The molecule has 0 radical (unpaired) electrons. The first-order valence-electron chi connectivity index (χ1n) is 6.53. The van der Waals surface area contributed by atoms with E-state index in [1.807, 2.05) is 6.07 Å². The van der Waals surface area contributed by atoms with Crippen LogP contribution in [-0.2, 0) is 9.53 Å². The van der Waals surface area contributed by atoms with E-state index in [-0.39, 0.29) is 12.2 Å². The average molecular weight is 308 g/mol. The molecular weight excluding hydrogens is 294 g/mol. The molecule has 0 bridgehead atoms. The lowest BCUT2D eigenvalue weighted by atomic mass is 10.1. The van der Waals surface area contributed by atoms with Gasteiger partial charge in [0.25, 0.3) is 0 Å². The van der Waals surface area contributed by atoms with Gasteiger partial charge in [-0.3, -0.25) is 0 Å². The molecule has 1 heterocycles. The van der Waals surface area contributed by atoms with Crippen molar-refractivity contribution in [3.05, 3.63) is 28.3 Å². The quantitative estimate of drug-likeness (QED) is 0.488. The summed E-state index contributed by atoms with van der Waals surface area (Å²) in [6.07, 6.45) is 2.18. The summed E-state index contributed by atoms with van der Waals surface area (Å²) in [5.41, 5.74) is 0.483. The largest absolute Gasteiger partial charge is 0.489 e. The smallest absolute Gasteiger partial charge is 0.348 e. The van der Waals surface area contributed by atoms with Gasteiger partial charge in [0.05, 0.1) is 24.8 Å². The van der Waals surface area contributed by atoms with E-state index in [4.69, 9.17) is 31.1 Å². The summed E-state index contributed by atoms with van der Waals surface area (Å²) in [7, 11) is 0. The third-order valence-corrected chi connectivity index (χ3v) is 3.03. The summed E-state index contributed by atoms with van der Waals surface area (Å²) in [5, 5.41) is 9.41. The van der Waals surface area contributed by atoms with Crippen LogP contribution in [-0.4, -0.2) is 25.8 Å². The van der Waals surface area contributed by atoms with Gasteiger partial charge in [0, 0.05) is 6.42 Å². The van der Waals surface area contributed by atoms with Gasteiger partial charge in [-0.25, -0.2) is 4.79 Å². The number of carbonyl (C=O) groups is 1. The second kappa shape index (κ2) is 7.00. The molecule has 6 heteroatoms. The van der Waals surface area contributed by atoms with Crippen molar-refractivity contribution in [3.8, 4) is 17.6 Å². The summed E-state index contributed by atoms with van der Waals surface area (Å²) in [5.74, 6) is 0.330. The highest BCUT2D eigenvalue weighted by Gasteiger charge is 2.16. The Bertz CT molecular complexity index is 619. The highest BCUT2D eigenvalue weighted by molar-refractivity contribution is 6.32. The first kappa shape index (κ1) is 15.2. The maximum absolute atomic E-state index is 11.6. The van der Waals surface area contributed by atoms with Gasteiger partial charge in [0.2, 0.25) is 0 Å². The van der Waals surface area contributed by atoms with Crippen LogP contribution >= 0.6 is 11.6 Å². The molecule has 1 aliphatic heterocycles. The molecule has 0 saturated heterocycles. The lowest BCUT2D eigenvalue weighted by molar-refractivity contribution is -0.137. The van der Waals surface area contributed by atoms with Crippen LogP contribution in [0.3, 0.4) is 0 Å². The van der Waals surface area contributed by atoms with Crippen LogP contribution in [0.1, 0.15) is 18.9 Å². The predicted octanol–water partition coefficient (Wildman–Crippen LogP) is 2.97. The molecule has 0 saturated carbocycles. The molecule has 1 aromatic carbocycles. The Morgan fingerprint density at radius 1 is 1.48 bits per heavy atom. The first-order valence-corrected chi connectivity index (χ1v) is 6.91. The van der Waals surface area contributed by atoms with Crippen molar-refractivity contribution in [2.24, 2.45) is 0 Å². The Morgan fingerprint density at radius 2 is 2.24 bits per heavy atom. The molecule has 1 aliphatic rings. The molecule has 0 aromatic heterocycles. The van der Waals surface area contributed by atoms with E-state index < -0.39 is 5.97 Å². The van der Waals surface area contributed by atoms with Crippen LogP contribution in [0.5, 0.6) is 11.5 Å². The summed E-state index contributed by atoms with van der Waals surface area (Å²) >= 11 is 6.15. The van der Waals surface area contributed by atoms with Crippen LogP contribution in [0.15, 0.2) is 17.7 Å². The molecule has 0 unspecified atom stereocenters. The number of benzene rings is 1. The molecule has 2 rings (SSSR count). The monoisotopic (exact) mass is 307 g/mol. The third-order valence-electron chi connectivity index (χ3n) is 2.75. The normalized spacial score (nSPS) is 14.0. The number of ether oxygens (including phenoxy) is 3. The number of hydrogen-bond donors (Lipinski definition) is 0. The molecule has 0 amide bonds. The van der Waals surface area contributed by atoms with E-state index >= 15 is 0 Å². The number of hydrogen-bond acceptors (Lipinski definition) is 5. The molecule has 0 N–H and O–H groups in total. The predicted molar refractivity (Wildman–Crippen MR) is 77.3 cm³/mol. The highest BCUT2D eigenvalue weighted by Crippen LogP contribution is 2.38. The van der Waals surface area contributed by atoms with Crippen LogP contribution in [0.4, 0.5) is 0 Å². The van der Waals surface area contributed by atoms with E-state index in [1.165, 1.54) is 6.08 Å². The molecule has 0 spiro atoms. The molecule has 110 valence electrons. The molecule has 0 atom stereocenters. The Labute approximate surface area is 127 Å². The van der Waals surface area contributed by atoms with Gasteiger partial charge in [0.1, 0.15) is 11.6 Å². The van der Waals surface area contributed by atoms with E-state index in [2.05, 4.69) is 0 Å². The maximum Gasteiger partial charge on any atom is 0.348 e. The SMILES string of the molecule is CCOC(=O)/C(C#N)=C/c1cc(Cl)c2c(c1)OCCCO2. The number of rotatable bonds is 3. The van der Waals surface area contributed by atoms with Crippen LogP contribution in [0.2, 0.25) is 5.02 Å². The fourth-order valence-corrected chi connectivity index (χ4v) is 2.12. The van der Waals surface area contributed by atoms with Crippen LogP contribution < -0.4 is 9.47 Å². The second-order valence-electron chi connectivity index (χ2n) is 4.27. The molecule has 0 fully saturated rings. The van der Waals surface area contributed by atoms with E-state index in [0.717, 1.165) is 6.42 Å². The van der Waals surface area contributed by atoms with Crippen molar-refractivity contribution in [3.63, 3.8) is 0 Å². The van der Waals surface area contributed by atoms with Crippen LogP contribution in [0.25, 0.3) is 6.08 Å². The van der Waals surface area contributed by atoms with E-state index in [9.17, 15) is 4.79 Å². The Morgan fingerprint density at radius 3 is 2.95 bits per heavy atom.